The fraction of sp³-hybridized carbons (Fsp3) is 0.778. The second-order valence-electron chi connectivity index (χ2n) is 3.52. The summed E-state index contributed by atoms with van der Waals surface area (Å²) in [6.45, 7) is 1.71. The summed E-state index contributed by atoms with van der Waals surface area (Å²) in [6, 6.07) is 0. The molecule has 0 amide bonds. The van der Waals surface area contributed by atoms with Crippen molar-refractivity contribution >= 4 is 23.2 Å². The Bertz CT molecular complexity index is 218. The van der Waals surface area contributed by atoms with Gasteiger partial charge >= 0.3 is 0 Å². The lowest BCUT2D eigenvalue weighted by Crippen LogP contribution is -2.39. The van der Waals surface area contributed by atoms with Gasteiger partial charge in [0, 0.05) is 12.5 Å². The highest BCUT2D eigenvalue weighted by molar-refractivity contribution is 6.47. The van der Waals surface area contributed by atoms with E-state index in [4.69, 9.17) is 11.6 Å². The van der Waals surface area contributed by atoms with Crippen LogP contribution in [-0.4, -0.2) is 42.5 Å². The summed E-state index contributed by atoms with van der Waals surface area (Å²) in [5.74, 6) is -1.03. The molecule has 0 aromatic rings. The Morgan fingerprint density at radius 2 is 2.23 bits per heavy atom. The molecule has 74 valence electrons. The third kappa shape index (κ3) is 2.78. The number of hydrogen-bond acceptors (Lipinski definition) is 3. The Morgan fingerprint density at radius 3 is 2.77 bits per heavy atom. The highest BCUT2D eigenvalue weighted by Crippen LogP contribution is 2.16. The molecule has 0 radical (unpaired) electrons. The van der Waals surface area contributed by atoms with Crippen molar-refractivity contribution in [2.24, 2.45) is 5.92 Å². The molecule has 1 rings (SSSR count). The van der Waals surface area contributed by atoms with Gasteiger partial charge in [0.1, 0.15) is 0 Å². The molecule has 1 heterocycles. The number of Topliss-reactive ketones (excluding diaryl/α,β-unsaturated/α-hetero) is 2. The zero-order chi connectivity index (χ0) is 9.84. The van der Waals surface area contributed by atoms with Crippen LogP contribution in [0, 0.1) is 5.92 Å². The van der Waals surface area contributed by atoms with Crippen molar-refractivity contribution in [3.05, 3.63) is 0 Å². The van der Waals surface area contributed by atoms with Gasteiger partial charge in [-0.1, -0.05) is 0 Å². The maximum atomic E-state index is 11.4. The van der Waals surface area contributed by atoms with E-state index < -0.39 is 5.78 Å². The monoisotopic (exact) mass is 203 g/mol. The van der Waals surface area contributed by atoms with E-state index in [1.807, 2.05) is 7.05 Å². The van der Waals surface area contributed by atoms with Crippen molar-refractivity contribution in [2.75, 3.05) is 26.0 Å². The molecule has 0 N–H and O–H groups in total. The summed E-state index contributed by atoms with van der Waals surface area (Å²) in [5.41, 5.74) is 0. The van der Waals surface area contributed by atoms with Crippen LogP contribution in [0.4, 0.5) is 0 Å². The minimum Gasteiger partial charge on any atom is -0.306 e. The van der Waals surface area contributed by atoms with Crippen LogP contribution in [0.2, 0.25) is 0 Å². The lowest BCUT2D eigenvalue weighted by Gasteiger charge is -2.27. The van der Waals surface area contributed by atoms with E-state index in [2.05, 4.69) is 4.90 Å². The van der Waals surface area contributed by atoms with Crippen LogP contribution in [0.15, 0.2) is 0 Å². The van der Waals surface area contributed by atoms with Gasteiger partial charge in [-0.2, -0.15) is 0 Å². The normalized spacial score (nSPS) is 24.3. The van der Waals surface area contributed by atoms with Gasteiger partial charge in [-0.05, 0) is 26.4 Å². The molecule has 0 aromatic heterocycles. The second kappa shape index (κ2) is 4.72. The number of alkyl halides is 1. The maximum Gasteiger partial charge on any atom is 0.213 e. The molecule has 1 unspecified atom stereocenters. The summed E-state index contributed by atoms with van der Waals surface area (Å²) in [5, 5.41) is 0. The molecule has 4 heteroatoms. The molecule has 1 aliphatic rings. The van der Waals surface area contributed by atoms with Crippen LogP contribution in [-0.2, 0) is 9.59 Å². The largest absolute Gasteiger partial charge is 0.306 e. The molecular formula is C9H14ClNO2. The van der Waals surface area contributed by atoms with E-state index in [1.54, 1.807) is 0 Å². The van der Waals surface area contributed by atoms with Crippen molar-refractivity contribution in [2.45, 2.75) is 12.8 Å². The standard InChI is InChI=1S/C9H14ClNO2/c1-11-4-2-3-7(6-11)9(13)8(12)5-10/h7H,2-6H2,1H3. The Hall–Kier alpha value is -0.410. The highest BCUT2D eigenvalue weighted by Gasteiger charge is 2.27. The van der Waals surface area contributed by atoms with Crippen molar-refractivity contribution in [3.8, 4) is 0 Å². The van der Waals surface area contributed by atoms with Crippen molar-refractivity contribution < 1.29 is 9.59 Å². The molecule has 0 aliphatic carbocycles. The molecule has 0 saturated carbocycles. The van der Waals surface area contributed by atoms with E-state index in [1.165, 1.54) is 0 Å². The molecule has 1 saturated heterocycles. The van der Waals surface area contributed by atoms with E-state index in [-0.39, 0.29) is 17.6 Å². The van der Waals surface area contributed by atoms with Crippen molar-refractivity contribution in [3.63, 3.8) is 0 Å². The lowest BCUT2D eigenvalue weighted by atomic mass is 9.92. The van der Waals surface area contributed by atoms with Crippen LogP contribution in [0.3, 0.4) is 0 Å². The van der Waals surface area contributed by atoms with Crippen LogP contribution < -0.4 is 0 Å². The molecule has 13 heavy (non-hydrogen) atoms. The number of hydrogen-bond donors (Lipinski definition) is 0. The molecule has 0 spiro atoms. The van der Waals surface area contributed by atoms with Gasteiger partial charge in [-0.25, -0.2) is 0 Å². The third-order valence-electron chi connectivity index (χ3n) is 2.39. The molecule has 1 aliphatic heterocycles. The molecule has 0 aromatic carbocycles. The van der Waals surface area contributed by atoms with Crippen molar-refractivity contribution in [1.29, 1.82) is 0 Å². The fourth-order valence-corrected chi connectivity index (χ4v) is 1.81. The SMILES string of the molecule is CN1CCCC(C(=O)C(=O)CCl)C1. The average molecular weight is 204 g/mol. The number of halogens is 1. The summed E-state index contributed by atoms with van der Waals surface area (Å²) < 4.78 is 0. The van der Waals surface area contributed by atoms with Crippen LogP contribution >= 0.6 is 11.6 Å². The highest BCUT2D eigenvalue weighted by atomic mass is 35.5. The summed E-state index contributed by atoms with van der Waals surface area (Å²) in [7, 11) is 1.96. The van der Waals surface area contributed by atoms with Crippen LogP contribution in [0.25, 0.3) is 0 Å². The average Bonchev–Trinajstić information content (AvgIpc) is 2.15. The topological polar surface area (TPSA) is 37.4 Å². The van der Waals surface area contributed by atoms with Gasteiger partial charge in [0.05, 0.1) is 5.88 Å². The number of piperidine rings is 1. The van der Waals surface area contributed by atoms with Gasteiger partial charge in [-0.15, -0.1) is 11.6 Å². The molecular weight excluding hydrogens is 190 g/mol. The maximum absolute atomic E-state index is 11.4. The minimum absolute atomic E-state index is 0.120. The van der Waals surface area contributed by atoms with E-state index in [0.717, 1.165) is 19.4 Å². The zero-order valence-corrected chi connectivity index (χ0v) is 8.51. The summed E-state index contributed by atoms with van der Waals surface area (Å²) >= 11 is 5.32. The summed E-state index contributed by atoms with van der Waals surface area (Å²) in [4.78, 5) is 24.5. The first-order chi connectivity index (χ1) is 6.15. The van der Waals surface area contributed by atoms with Gasteiger partial charge in [0.2, 0.25) is 11.6 Å². The quantitative estimate of drug-likeness (QED) is 0.501. The molecule has 1 fully saturated rings. The van der Waals surface area contributed by atoms with E-state index in [0.29, 0.717) is 6.54 Å². The Morgan fingerprint density at radius 1 is 1.54 bits per heavy atom. The van der Waals surface area contributed by atoms with Gasteiger partial charge in [0.15, 0.2) is 0 Å². The molecule has 1 atom stereocenters. The first kappa shape index (κ1) is 10.7. The predicted octanol–water partition coefficient (Wildman–Crippen LogP) is 0.705. The second-order valence-corrected chi connectivity index (χ2v) is 3.79. The van der Waals surface area contributed by atoms with E-state index >= 15 is 0 Å². The minimum atomic E-state index is -0.443. The lowest BCUT2D eigenvalue weighted by molar-refractivity contribution is -0.138. The smallest absolute Gasteiger partial charge is 0.213 e. The van der Waals surface area contributed by atoms with Crippen LogP contribution in [0.1, 0.15) is 12.8 Å². The Kier molecular flexibility index (Phi) is 3.88. The number of likely N-dealkylation sites (tertiary alicyclic amines) is 1. The number of rotatable bonds is 3. The van der Waals surface area contributed by atoms with E-state index in [9.17, 15) is 9.59 Å². The van der Waals surface area contributed by atoms with Gasteiger partial charge in [-0.3, -0.25) is 9.59 Å². The summed E-state index contributed by atoms with van der Waals surface area (Å²) in [6.07, 6.45) is 1.81. The molecule has 0 bridgehead atoms. The first-order valence-corrected chi connectivity index (χ1v) is 5.00. The number of ketones is 2. The number of nitrogens with zero attached hydrogens (tertiary/aromatic N) is 1. The van der Waals surface area contributed by atoms with Crippen LogP contribution in [0.5, 0.6) is 0 Å². The third-order valence-corrected chi connectivity index (χ3v) is 2.63. The van der Waals surface area contributed by atoms with Gasteiger partial charge in [0.25, 0.3) is 0 Å². The first-order valence-electron chi connectivity index (χ1n) is 4.46. The molecule has 3 nitrogen and oxygen atoms in total. The Balaban J connectivity index is 2.51. The number of carbonyl (C=O) groups is 2. The number of carbonyl (C=O) groups excluding carboxylic acids is 2. The van der Waals surface area contributed by atoms with Crippen molar-refractivity contribution in [1.82, 2.24) is 4.90 Å². The van der Waals surface area contributed by atoms with Gasteiger partial charge < -0.3 is 4.90 Å². The Labute approximate surface area is 83.0 Å². The predicted molar refractivity (Wildman–Crippen MR) is 51.0 cm³/mol. The fourth-order valence-electron chi connectivity index (χ4n) is 1.67. The zero-order valence-electron chi connectivity index (χ0n) is 7.75.